The number of aromatic nitrogens is 4. The normalized spacial score (nSPS) is 15.2. The lowest BCUT2D eigenvalue weighted by atomic mass is 10.2. The van der Waals surface area contributed by atoms with Gasteiger partial charge in [0.05, 0.1) is 6.04 Å². The van der Waals surface area contributed by atoms with Crippen molar-refractivity contribution in [3.63, 3.8) is 0 Å². The van der Waals surface area contributed by atoms with Crippen molar-refractivity contribution in [2.75, 3.05) is 13.2 Å². The molecular weight excluding hydrogens is 246 g/mol. The molecule has 19 heavy (non-hydrogen) atoms. The maximum absolute atomic E-state index is 5.55. The van der Waals surface area contributed by atoms with Crippen LogP contribution in [0.2, 0.25) is 0 Å². The van der Waals surface area contributed by atoms with Crippen LogP contribution in [-0.2, 0) is 6.54 Å². The summed E-state index contributed by atoms with van der Waals surface area (Å²) >= 11 is 0. The van der Waals surface area contributed by atoms with Crippen LogP contribution in [0.15, 0.2) is 18.2 Å². The van der Waals surface area contributed by atoms with Gasteiger partial charge in [0.15, 0.2) is 17.3 Å². The van der Waals surface area contributed by atoms with Gasteiger partial charge >= 0.3 is 0 Å². The van der Waals surface area contributed by atoms with Crippen molar-refractivity contribution in [1.29, 1.82) is 0 Å². The van der Waals surface area contributed by atoms with Gasteiger partial charge in [-0.3, -0.25) is 0 Å². The zero-order chi connectivity index (χ0) is 13.1. The lowest BCUT2D eigenvalue weighted by Gasteiger charge is -2.19. The number of tetrazole rings is 1. The van der Waals surface area contributed by atoms with Crippen molar-refractivity contribution in [3.8, 4) is 11.5 Å². The predicted molar refractivity (Wildman–Crippen MR) is 66.9 cm³/mol. The van der Waals surface area contributed by atoms with Crippen LogP contribution >= 0.6 is 0 Å². The molecule has 7 heteroatoms. The molecule has 0 bridgehead atoms. The Balaban J connectivity index is 1.64. The van der Waals surface area contributed by atoms with Crippen LogP contribution in [0.4, 0.5) is 0 Å². The van der Waals surface area contributed by atoms with Gasteiger partial charge in [-0.2, -0.15) is 5.21 Å². The first-order chi connectivity index (χ1) is 9.33. The lowest BCUT2D eigenvalue weighted by Crippen LogP contribution is -2.20. The molecule has 0 amide bonds. The van der Waals surface area contributed by atoms with Gasteiger partial charge in [-0.1, -0.05) is 11.3 Å². The maximum atomic E-state index is 5.55. The van der Waals surface area contributed by atoms with Gasteiger partial charge in [-0.25, -0.2) is 0 Å². The summed E-state index contributed by atoms with van der Waals surface area (Å²) in [5, 5.41) is 17.2. The van der Waals surface area contributed by atoms with Crippen LogP contribution in [-0.4, -0.2) is 33.8 Å². The molecule has 2 aromatic rings. The zero-order valence-electron chi connectivity index (χ0n) is 10.6. The third kappa shape index (κ3) is 2.65. The molecule has 0 saturated heterocycles. The van der Waals surface area contributed by atoms with E-state index in [1.165, 1.54) is 0 Å². The summed E-state index contributed by atoms with van der Waals surface area (Å²) in [6.07, 6.45) is 0. The molecule has 1 aliphatic rings. The third-order valence-corrected chi connectivity index (χ3v) is 2.97. The molecule has 1 aromatic carbocycles. The molecule has 1 atom stereocenters. The first-order valence-corrected chi connectivity index (χ1v) is 6.18. The molecule has 1 unspecified atom stereocenters. The minimum Gasteiger partial charge on any atom is -0.486 e. The smallest absolute Gasteiger partial charge is 0.191 e. The summed E-state index contributed by atoms with van der Waals surface area (Å²) in [6.45, 7) is 3.90. The zero-order valence-corrected chi connectivity index (χ0v) is 10.6. The molecule has 7 nitrogen and oxygen atoms in total. The van der Waals surface area contributed by atoms with E-state index in [-0.39, 0.29) is 6.04 Å². The summed E-state index contributed by atoms with van der Waals surface area (Å²) in [5.74, 6) is 2.26. The Kier molecular flexibility index (Phi) is 3.28. The second-order valence-corrected chi connectivity index (χ2v) is 4.35. The topological polar surface area (TPSA) is 85.0 Å². The molecule has 0 fully saturated rings. The fourth-order valence-electron chi connectivity index (χ4n) is 1.91. The van der Waals surface area contributed by atoms with Crippen LogP contribution in [0.5, 0.6) is 11.5 Å². The van der Waals surface area contributed by atoms with Crippen molar-refractivity contribution < 1.29 is 9.47 Å². The van der Waals surface area contributed by atoms with Crippen molar-refractivity contribution in [3.05, 3.63) is 29.6 Å². The Morgan fingerprint density at radius 3 is 2.95 bits per heavy atom. The minimum absolute atomic E-state index is 0.0342. The van der Waals surface area contributed by atoms with Crippen molar-refractivity contribution in [2.45, 2.75) is 19.5 Å². The monoisotopic (exact) mass is 261 g/mol. The number of hydrogen-bond acceptors (Lipinski definition) is 6. The van der Waals surface area contributed by atoms with Gasteiger partial charge in [-0.05, 0) is 24.6 Å². The van der Waals surface area contributed by atoms with Gasteiger partial charge in [0, 0.05) is 6.54 Å². The van der Waals surface area contributed by atoms with Gasteiger partial charge in [0.25, 0.3) is 0 Å². The Bertz CT molecular complexity index is 543. The molecule has 0 radical (unpaired) electrons. The average molecular weight is 261 g/mol. The Morgan fingerprint density at radius 2 is 2.16 bits per heavy atom. The number of fused-ring (bicyclic) bond motifs is 1. The molecule has 1 aliphatic heterocycles. The van der Waals surface area contributed by atoms with Crippen LogP contribution in [0.3, 0.4) is 0 Å². The first-order valence-electron chi connectivity index (χ1n) is 6.18. The fourth-order valence-corrected chi connectivity index (χ4v) is 1.91. The molecule has 1 aromatic heterocycles. The van der Waals surface area contributed by atoms with E-state index in [2.05, 4.69) is 25.9 Å². The molecule has 2 heterocycles. The number of aromatic amines is 1. The summed E-state index contributed by atoms with van der Waals surface area (Å²) in [4.78, 5) is 0. The summed E-state index contributed by atoms with van der Waals surface area (Å²) in [6, 6.07) is 5.98. The molecule has 3 rings (SSSR count). The lowest BCUT2D eigenvalue weighted by molar-refractivity contribution is 0.171. The predicted octanol–water partition coefficient (Wildman–Crippen LogP) is 0.822. The summed E-state index contributed by atoms with van der Waals surface area (Å²) in [7, 11) is 0. The van der Waals surface area contributed by atoms with E-state index in [1.807, 2.05) is 25.1 Å². The number of nitrogens with one attached hydrogen (secondary N) is 2. The molecule has 0 spiro atoms. The highest BCUT2D eigenvalue weighted by Crippen LogP contribution is 2.30. The number of ether oxygens (including phenoxy) is 2. The first kappa shape index (κ1) is 11.9. The molecule has 0 aliphatic carbocycles. The van der Waals surface area contributed by atoms with Crippen molar-refractivity contribution >= 4 is 0 Å². The van der Waals surface area contributed by atoms with E-state index in [9.17, 15) is 0 Å². The van der Waals surface area contributed by atoms with Crippen LogP contribution in [0.1, 0.15) is 24.4 Å². The number of hydrogen-bond donors (Lipinski definition) is 2. The van der Waals surface area contributed by atoms with Gasteiger partial charge < -0.3 is 14.8 Å². The second kappa shape index (κ2) is 5.23. The number of H-pyrrole nitrogens is 1. The quantitative estimate of drug-likeness (QED) is 0.847. The highest BCUT2D eigenvalue weighted by Gasteiger charge is 2.13. The van der Waals surface area contributed by atoms with Crippen molar-refractivity contribution in [1.82, 2.24) is 25.9 Å². The average Bonchev–Trinajstić information content (AvgIpc) is 2.99. The highest BCUT2D eigenvalue weighted by atomic mass is 16.6. The van der Waals surface area contributed by atoms with E-state index in [0.29, 0.717) is 25.6 Å². The highest BCUT2D eigenvalue weighted by molar-refractivity contribution is 5.43. The number of benzene rings is 1. The molecule has 100 valence electrons. The van der Waals surface area contributed by atoms with E-state index in [0.717, 1.165) is 17.1 Å². The van der Waals surface area contributed by atoms with E-state index < -0.39 is 0 Å². The number of nitrogens with zero attached hydrogens (tertiary/aromatic N) is 3. The minimum atomic E-state index is 0.0342. The third-order valence-electron chi connectivity index (χ3n) is 2.97. The maximum Gasteiger partial charge on any atom is 0.191 e. The molecular formula is C12H15N5O2. The van der Waals surface area contributed by atoms with Crippen LogP contribution in [0, 0.1) is 0 Å². The molecule has 0 saturated carbocycles. The SMILES string of the molecule is CC(NCc1ccc2c(c1)OCCO2)c1nn[nH]n1. The Hall–Kier alpha value is -2.15. The van der Waals surface area contributed by atoms with E-state index >= 15 is 0 Å². The van der Waals surface area contributed by atoms with Gasteiger partial charge in [0.1, 0.15) is 13.2 Å². The van der Waals surface area contributed by atoms with E-state index in [1.54, 1.807) is 0 Å². The largest absolute Gasteiger partial charge is 0.486 e. The summed E-state index contributed by atoms with van der Waals surface area (Å²) in [5.41, 5.74) is 1.12. The van der Waals surface area contributed by atoms with Crippen LogP contribution < -0.4 is 14.8 Å². The van der Waals surface area contributed by atoms with E-state index in [4.69, 9.17) is 9.47 Å². The number of rotatable bonds is 4. The Labute approximate surface area is 110 Å². The molecule has 2 N–H and O–H groups in total. The Morgan fingerprint density at radius 1 is 1.32 bits per heavy atom. The fraction of sp³-hybridized carbons (Fsp3) is 0.417. The van der Waals surface area contributed by atoms with Crippen molar-refractivity contribution in [2.24, 2.45) is 0 Å². The summed E-state index contributed by atoms with van der Waals surface area (Å²) < 4.78 is 11.0. The standard InChI is InChI=1S/C12H15N5O2/c1-8(12-14-16-17-15-12)13-7-9-2-3-10-11(6-9)19-5-4-18-10/h2-3,6,8,13H,4-5,7H2,1H3,(H,14,15,16,17). The second-order valence-electron chi connectivity index (χ2n) is 4.35. The van der Waals surface area contributed by atoms with Crippen LogP contribution in [0.25, 0.3) is 0 Å². The van der Waals surface area contributed by atoms with Gasteiger partial charge in [0.2, 0.25) is 0 Å². The van der Waals surface area contributed by atoms with Gasteiger partial charge in [-0.15, -0.1) is 10.2 Å².